The average Bonchev–Trinajstić information content (AvgIpc) is 2.79. The first-order valence-corrected chi connectivity index (χ1v) is 10.8. The molecule has 33 heavy (non-hydrogen) atoms. The molecule has 0 radical (unpaired) electrons. The highest BCUT2D eigenvalue weighted by Gasteiger charge is 2.31. The molecule has 0 aliphatic rings. The van der Waals surface area contributed by atoms with E-state index in [0.29, 0.717) is 5.56 Å². The Hall–Kier alpha value is -3.79. The van der Waals surface area contributed by atoms with Crippen LogP contribution in [0.15, 0.2) is 54.6 Å². The molecule has 0 saturated heterocycles. The van der Waals surface area contributed by atoms with E-state index in [1.807, 2.05) is 49.4 Å². The Morgan fingerprint density at radius 3 is 2.18 bits per heavy atom. The van der Waals surface area contributed by atoms with E-state index in [1.54, 1.807) is 32.9 Å². The molecule has 2 N–H and O–H groups in total. The average molecular weight is 450 g/mol. The summed E-state index contributed by atoms with van der Waals surface area (Å²) in [6.07, 6.45) is 5.74. The van der Waals surface area contributed by atoms with Crippen LogP contribution in [-0.2, 0) is 27.3 Å². The third-order valence-electron chi connectivity index (χ3n) is 4.71. The number of carbonyl (C=O) groups excluding carboxylic acids is 3. The Balaban J connectivity index is 2.21. The van der Waals surface area contributed by atoms with Gasteiger partial charge in [0.15, 0.2) is 0 Å². The smallest absolute Gasteiger partial charge is 0.408 e. The van der Waals surface area contributed by atoms with Crippen molar-refractivity contribution in [3.05, 3.63) is 71.3 Å². The minimum absolute atomic E-state index is 0.284. The van der Waals surface area contributed by atoms with E-state index in [2.05, 4.69) is 16.7 Å². The minimum atomic E-state index is -1.06. The molecule has 7 heteroatoms. The molecular weight excluding hydrogens is 418 g/mol. The van der Waals surface area contributed by atoms with Crippen LogP contribution in [0, 0.1) is 12.5 Å². The van der Waals surface area contributed by atoms with Crippen LogP contribution in [0.5, 0.6) is 0 Å². The highest BCUT2D eigenvalue weighted by Crippen LogP contribution is 2.22. The quantitative estimate of drug-likeness (QED) is 0.477. The summed E-state index contributed by atoms with van der Waals surface area (Å²) < 4.78 is 5.16. The van der Waals surface area contributed by atoms with Crippen LogP contribution in [0.25, 0.3) is 0 Å². The number of alkyl carbamates (subject to hydrolysis) is 1. The number of hydrogen-bond donors (Lipinski definition) is 2. The molecule has 0 aliphatic heterocycles. The van der Waals surface area contributed by atoms with E-state index in [9.17, 15) is 14.4 Å². The van der Waals surface area contributed by atoms with Crippen molar-refractivity contribution in [2.45, 2.75) is 52.3 Å². The third-order valence-corrected chi connectivity index (χ3v) is 4.71. The summed E-state index contributed by atoms with van der Waals surface area (Å²) in [4.78, 5) is 39.0. The molecule has 0 aromatic heterocycles. The molecule has 0 bridgehead atoms. The predicted molar refractivity (Wildman–Crippen MR) is 127 cm³/mol. The lowest BCUT2D eigenvalue weighted by molar-refractivity contribution is -0.136. The summed E-state index contributed by atoms with van der Waals surface area (Å²) in [5, 5.41) is 5.25. The number of hydrogen-bond acceptors (Lipinski definition) is 4. The largest absolute Gasteiger partial charge is 0.444 e. The molecule has 7 nitrogen and oxygen atoms in total. The number of nitrogens with zero attached hydrogens (tertiary/aromatic N) is 1. The SMILES string of the molecule is C#CN(C(=O)CNC(=O)OC(C)(C)C)C(C(=O)NCc1ccccc1)c1ccc(CC)cc1. The highest BCUT2D eigenvalue weighted by atomic mass is 16.6. The molecule has 2 aromatic carbocycles. The van der Waals surface area contributed by atoms with Crippen molar-refractivity contribution in [1.29, 1.82) is 0 Å². The van der Waals surface area contributed by atoms with Gasteiger partial charge >= 0.3 is 6.09 Å². The Morgan fingerprint density at radius 2 is 1.64 bits per heavy atom. The number of nitrogens with one attached hydrogen (secondary N) is 2. The zero-order valence-corrected chi connectivity index (χ0v) is 19.6. The number of terminal acetylenes is 1. The molecule has 0 heterocycles. The van der Waals surface area contributed by atoms with Gasteiger partial charge in [0, 0.05) is 12.6 Å². The Labute approximate surface area is 195 Å². The first kappa shape index (κ1) is 25.5. The number of carbonyl (C=O) groups is 3. The Morgan fingerprint density at radius 1 is 1.00 bits per heavy atom. The summed E-state index contributed by atoms with van der Waals surface area (Å²) in [6, 6.07) is 18.0. The second kappa shape index (κ2) is 11.7. The zero-order valence-electron chi connectivity index (χ0n) is 19.6. The first-order valence-electron chi connectivity index (χ1n) is 10.8. The van der Waals surface area contributed by atoms with Crippen LogP contribution in [-0.4, -0.2) is 35.0 Å². The third kappa shape index (κ3) is 8.00. The maximum Gasteiger partial charge on any atom is 0.408 e. The predicted octanol–water partition coefficient (Wildman–Crippen LogP) is 3.55. The summed E-state index contributed by atoms with van der Waals surface area (Å²) in [7, 11) is 0. The standard InChI is InChI=1S/C26H31N3O4/c1-6-19-13-15-21(16-14-19)23(24(31)27-17-20-11-9-8-10-12-20)29(7-2)22(30)18-28-25(32)33-26(3,4)5/h2,8-16,23H,6,17-18H2,1,3-5H3,(H,27,31)(H,28,32). The summed E-state index contributed by atoms with van der Waals surface area (Å²) in [6.45, 7) is 7.05. The van der Waals surface area contributed by atoms with Gasteiger partial charge in [-0.3, -0.25) is 14.5 Å². The van der Waals surface area contributed by atoms with E-state index in [1.165, 1.54) is 0 Å². The van der Waals surface area contributed by atoms with Gasteiger partial charge in [0.05, 0.1) is 0 Å². The van der Waals surface area contributed by atoms with E-state index in [-0.39, 0.29) is 6.54 Å². The van der Waals surface area contributed by atoms with E-state index in [0.717, 1.165) is 22.4 Å². The molecule has 3 amide bonds. The van der Waals surface area contributed by atoms with Crippen LogP contribution in [0.2, 0.25) is 0 Å². The van der Waals surface area contributed by atoms with Gasteiger partial charge in [-0.15, -0.1) is 0 Å². The fourth-order valence-corrected chi connectivity index (χ4v) is 3.07. The maximum absolute atomic E-state index is 13.2. The van der Waals surface area contributed by atoms with Crippen LogP contribution in [0.1, 0.15) is 50.4 Å². The Bertz CT molecular complexity index is 989. The molecule has 0 saturated carbocycles. The van der Waals surface area contributed by atoms with E-state index in [4.69, 9.17) is 11.2 Å². The van der Waals surface area contributed by atoms with Gasteiger partial charge in [0.1, 0.15) is 18.2 Å². The van der Waals surface area contributed by atoms with E-state index < -0.39 is 36.1 Å². The van der Waals surface area contributed by atoms with E-state index >= 15 is 0 Å². The van der Waals surface area contributed by atoms with Gasteiger partial charge in [-0.25, -0.2) is 4.79 Å². The van der Waals surface area contributed by atoms with Crippen LogP contribution >= 0.6 is 0 Å². The first-order chi connectivity index (χ1) is 15.6. The number of rotatable bonds is 8. The minimum Gasteiger partial charge on any atom is -0.444 e. The molecule has 1 atom stereocenters. The van der Waals surface area contributed by atoms with Crippen molar-refractivity contribution in [3.8, 4) is 12.5 Å². The van der Waals surface area contributed by atoms with Crippen LogP contribution in [0.3, 0.4) is 0 Å². The van der Waals surface area contributed by atoms with Crippen molar-refractivity contribution in [3.63, 3.8) is 0 Å². The van der Waals surface area contributed by atoms with Gasteiger partial charge in [-0.05, 0) is 43.9 Å². The lowest BCUT2D eigenvalue weighted by Crippen LogP contribution is -2.45. The fourth-order valence-electron chi connectivity index (χ4n) is 3.07. The molecule has 2 rings (SSSR count). The fraction of sp³-hybridized carbons (Fsp3) is 0.346. The van der Waals surface area contributed by atoms with Gasteiger partial charge in [0.25, 0.3) is 5.91 Å². The normalized spacial score (nSPS) is 11.6. The number of amides is 3. The lowest BCUT2D eigenvalue weighted by atomic mass is 10.0. The van der Waals surface area contributed by atoms with Crippen molar-refractivity contribution in [1.82, 2.24) is 15.5 Å². The Kier molecular flexibility index (Phi) is 9.05. The van der Waals surface area contributed by atoms with Crippen molar-refractivity contribution < 1.29 is 19.1 Å². The number of aryl methyl sites for hydroxylation is 1. The molecule has 0 fully saturated rings. The summed E-state index contributed by atoms with van der Waals surface area (Å²) in [5.74, 6) is -1.03. The van der Waals surface area contributed by atoms with Crippen LogP contribution < -0.4 is 10.6 Å². The maximum atomic E-state index is 13.2. The van der Waals surface area contributed by atoms with Gasteiger partial charge in [-0.1, -0.05) is 67.9 Å². The van der Waals surface area contributed by atoms with Gasteiger partial charge in [0.2, 0.25) is 5.91 Å². The molecule has 2 aromatic rings. The van der Waals surface area contributed by atoms with Crippen molar-refractivity contribution >= 4 is 17.9 Å². The number of benzene rings is 2. The monoisotopic (exact) mass is 449 g/mol. The number of ether oxygens (including phenoxy) is 1. The van der Waals surface area contributed by atoms with Crippen molar-refractivity contribution in [2.24, 2.45) is 0 Å². The lowest BCUT2D eigenvalue weighted by Gasteiger charge is -2.27. The van der Waals surface area contributed by atoms with Gasteiger partial charge in [-0.2, -0.15) is 0 Å². The van der Waals surface area contributed by atoms with Gasteiger partial charge < -0.3 is 15.4 Å². The van der Waals surface area contributed by atoms with Crippen LogP contribution in [0.4, 0.5) is 4.79 Å². The second-order valence-electron chi connectivity index (χ2n) is 8.45. The van der Waals surface area contributed by atoms with Crippen molar-refractivity contribution in [2.75, 3.05) is 6.54 Å². The topological polar surface area (TPSA) is 87.7 Å². The summed E-state index contributed by atoms with van der Waals surface area (Å²) >= 11 is 0. The molecule has 0 aliphatic carbocycles. The second-order valence-corrected chi connectivity index (χ2v) is 8.45. The molecular formula is C26H31N3O4. The molecule has 1 unspecified atom stereocenters. The zero-order chi connectivity index (χ0) is 24.4. The highest BCUT2D eigenvalue weighted by molar-refractivity contribution is 5.91. The molecule has 174 valence electrons. The molecule has 0 spiro atoms. The summed E-state index contributed by atoms with van der Waals surface area (Å²) in [5.41, 5.74) is 1.87.